The monoisotopic (exact) mass is 297 g/mol. The van der Waals surface area contributed by atoms with Crippen LogP contribution in [0.2, 0.25) is 5.02 Å². The summed E-state index contributed by atoms with van der Waals surface area (Å²) in [6.07, 6.45) is 2.00. The van der Waals surface area contributed by atoms with Gasteiger partial charge in [0.15, 0.2) is 0 Å². The molecule has 7 heteroatoms. The molecule has 0 heterocycles. The van der Waals surface area contributed by atoms with Crippen LogP contribution < -0.4 is 10.6 Å². The lowest BCUT2D eigenvalue weighted by atomic mass is 10.2. The van der Waals surface area contributed by atoms with Crippen LogP contribution in [-0.4, -0.2) is 23.9 Å². The van der Waals surface area contributed by atoms with Crippen LogP contribution in [0.15, 0.2) is 18.2 Å². The molecule has 0 radical (unpaired) electrons. The molecule has 1 aromatic rings. The Balaban J connectivity index is 1.70. The Hall–Kier alpha value is -1.66. The van der Waals surface area contributed by atoms with Gasteiger partial charge in [0.25, 0.3) is 5.69 Å². The first-order chi connectivity index (χ1) is 9.58. The molecule has 1 aliphatic carbocycles. The first-order valence-corrected chi connectivity index (χ1v) is 6.87. The van der Waals surface area contributed by atoms with Crippen molar-refractivity contribution in [1.29, 1.82) is 0 Å². The molecule has 108 valence electrons. The summed E-state index contributed by atoms with van der Waals surface area (Å²) >= 11 is 5.97. The Labute approximate surface area is 121 Å². The van der Waals surface area contributed by atoms with E-state index in [1.165, 1.54) is 12.1 Å². The number of benzene rings is 1. The second-order valence-electron chi connectivity index (χ2n) is 4.77. The minimum atomic E-state index is -0.476. The molecule has 1 aromatic carbocycles. The van der Waals surface area contributed by atoms with Gasteiger partial charge in [0, 0.05) is 37.7 Å². The molecular weight excluding hydrogens is 282 g/mol. The van der Waals surface area contributed by atoms with Crippen LogP contribution in [0.4, 0.5) is 5.69 Å². The molecule has 0 atom stereocenters. The second kappa shape index (κ2) is 6.67. The van der Waals surface area contributed by atoms with Gasteiger partial charge in [-0.25, -0.2) is 0 Å². The summed E-state index contributed by atoms with van der Waals surface area (Å²) in [5.74, 6) is 0.347. The summed E-state index contributed by atoms with van der Waals surface area (Å²) in [4.78, 5) is 21.5. The van der Waals surface area contributed by atoms with Crippen molar-refractivity contribution in [3.05, 3.63) is 38.9 Å². The lowest BCUT2D eigenvalue weighted by Crippen LogP contribution is -2.32. The summed E-state index contributed by atoms with van der Waals surface area (Å²) < 4.78 is 0. The van der Waals surface area contributed by atoms with E-state index in [0.29, 0.717) is 24.7 Å². The van der Waals surface area contributed by atoms with Crippen LogP contribution in [0.5, 0.6) is 0 Å². The molecule has 0 spiro atoms. The van der Waals surface area contributed by atoms with Crippen molar-refractivity contribution in [2.24, 2.45) is 5.92 Å². The maximum Gasteiger partial charge on any atom is 0.270 e. The van der Waals surface area contributed by atoms with Gasteiger partial charge in [-0.05, 0) is 24.5 Å². The van der Waals surface area contributed by atoms with E-state index in [0.717, 1.165) is 18.4 Å². The molecule has 2 rings (SSSR count). The van der Waals surface area contributed by atoms with Crippen molar-refractivity contribution in [3.8, 4) is 0 Å². The topological polar surface area (TPSA) is 84.3 Å². The Morgan fingerprint density at radius 1 is 1.40 bits per heavy atom. The highest BCUT2D eigenvalue weighted by Gasteiger charge is 2.28. The molecule has 0 saturated heterocycles. The molecule has 0 bridgehead atoms. The van der Waals surface area contributed by atoms with Crippen LogP contribution in [0, 0.1) is 16.0 Å². The highest BCUT2D eigenvalue weighted by Crippen LogP contribution is 2.28. The molecule has 1 amide bonds. The molecule has 20 heavy (non-hydrogen) atoms. The van der Waals surface area contributed by atoms with Crippen LogP contribution in [-0.2, 0) is 11.3 Å². The first kappa shape index (κ1) is 14.7. The van der Waals surface area contributed by atoms with E-state index in [1.54, 1.807) is 6.07 Å². The molecular formula is C13H16ClN3O3. The van der Waals surface area contributed by atoms with Crippen molar-refractivity contribution >= 4 is 23.2 Å². The number of amides is 1. The van der Waals surface area contributed by atoms with Crippen LogP contribution in [0.25, 0.3) is 0 Å². The highest BCUT2D eigenvalue weighted by atomic mass is 35.5. The number of non-ortho nitro benzene ring substituents is 1. The zero-order valence-corrected chi connectivity index (χ0v) is 11.7. The van der Waals surface area contributed by atoms with Crippen LogP contribution >= 0.6 is 11.6 Å². The maximum absolute atomic E-state index is 11.4. The van der Waals surface area contributed by atoms with Crippen molar-refractivity contribution in [2.45, 2.75) is 19.4 Å². The van der Waals surface area contributed by atoms with Crippen molar-refractivity contribution in [2.75, 3.05) is 13.1 Å². The van der Waals surface area contributed by atoms with Gasteiger partial charge in [-0.1, -0.05) is 11.6 Å². The fourth-order valence-electron chi connectivity index (χ4n) is 1.78. The predicted octanol–water partition coefficient (Wildman–Crippen LogP) is 1.86. The average molecular weight is 298 g/mol. The molecule has 2 N–H and O–H groups in total. The van der Waals surface area contributed by atoms with E-state index >= 15 is 0 Å². The first-order valence-electron chi connectivity index (χ1n) is 6.49. The van der Waals surface area contributed by atoms with Crippen molar-refractivity contribution in [3.63, 3.8) is 0 Å². The minimum Gasteiger partial charge on any atom is -0.355 e. The number of carbonyl (C=O) groups is 1. The summed E-state index contributed by atoms with van der Waals surface area (Å²) in [5.41, 5.74) is 0.779. The summed E-state index contributed by atoms with van der Waals surface area (Å²) in [5, 5.41) is 16.9. The molecule has 6 nitrogen and oxygen atoms in total. The SMILES string of the molecule is O=C(NCCNCc1ccc([N+](=O)[O-])cc1Cl)C1CC1. The van der Waals surface area contributed by atoms with Gasteiger partial charge in [-0.3, -0.25) is 14.9 Å². The van der Waals surface area contributed by atoms with E-state index in [2.05, 4.69) is 10.6 Å². The summed E-state index contributed by atoms with van der Waals surface area (Å²) in [7, 11) is 0. The van der Waals surface area contributed by atoms with Gasteiger partial charge in [0.05, 0.1) is 9.95 Å². The Morgan fingerprint density at radius 3 is 2.75 bits per heavy atom. The Kier molecular flexibility index (Phi) is 4.92. The molecule has 0 unspecified atom stereocenters. The highest BCUT2D eigenvalue weighted by molar-refractivity contribution is 6.31. The van der Waals surface area contributed by atoms with Crippen LogP contribution in [0.1, 0.15) is 18.4 Å². The number of halogens is 1. The fraction of sp³-hybridized carbons (Fsp3) is 0.462. The zero-order chi connectivity index (χ0) is 14.5. The smallest absolute Gasteiger partial charge is 0.270 e. The van der Waals surface area contributed by atoms with E-state index in [1.807, 2.05) is 0 Å². The van der Waals surface area contributed by atoms with Crippen LogP contribution in [0.3, 0.4) is 0 Å². The van der Waals surface area contributed by atoms with Gasteiger partial charge >= 0.3 is 0 Å². The van der Waals surface area contributed by atoms with E-state index < -0.39 is 4.92 Å². The summed E-state index contributed by atoms with van der Waals surface area (Å²) in [6.45, 7) is 1.71. The lowest BCUT2D eigenvalue weighted by Gasteiger charge is -2.07. The second-order valence-corrected chi connectivity index (χ2v) is 5.18. The molecule has 1 fully saturated rings. The Morgan fingerprint density at radius 2 is 2.15 bits per heavy atom. The number of rotatable bonds is 7. The Bertz CT molecular complexity index is 518. The van der Waals surface area contributed by atoms with Gasteiger partial charge in [-0.15, -0.1) is 0 Å². The van der Waals surface area contributed by atoms with Gasteiger partial charge in [-0.2, -0.15) is 0 Å². The number of carbonyl (C=O) groups excluding carboxylic acids is 1. The van der Waals surface area contributed by atoms with E-state index in [4.69, 9.17) is 11.6 Å². The zero-order valence-electron chi connectivity index (χ0n) is 10.9. The minimum absolute atomic E-state index is 0.0181. The maximum atomic E-state index is 11.4. The third kappa shape index (κ3) is 4.18. The number of hydrogen-bond acceptors (Lipinski definition) is 4. The molecule has 1 saturated carbocycles. The third-order valence-corrected chi connectivity index (χ3v) is 3.46. The van der Waals surface area contributed by atoms with Gasteiger partial charge in [0.1, 0.15) is 0 Å². The standard InChI is InChI=1S/C13H16ClN3O3/c14-12-7-11(17(19)20)4-3-10(12)8-15-5-6-16-13(18)9-1-2-9/h3-4,7,9,15H,1-2,5-6,8H2,(H,16,18). The number of hydrogen-bond donors (Lipinski definition) is 2. The molecule has 0 aliphatic heterocycles. The summed E-state index contributed by atoms with van der Waals surface area (Å²) in [6, 6.07) is 4.40. The van der Waals surface area contributed by atoms with E-state index in [9.17, 15) is 14.9 Å². The number of nitrogens with zero attached hydrogens (tertiary/aromatic N) is 1. The predicted molar refractivity (Wildman–Crippen MR) is 75.5 cm³/mol. The number of nitro benzene ring substituents is 1. The average Bonchev–Trinajstić information content (AvgIpc) is 3.23. The molecule has 1 aliphatic rings. The molecule has 0 aromatic heterocycles. The lowest BCUT2D eigenvalue weighted by molar-refractivity contribution is -0.384. The van der Waals surface area contributed by atoms with Crippen molar-refractivity contribution in [1.82, 2.24) is 10.6 Å². The third-order valence-electron chi connectivity index (χ3n) is 3.11. The van der Waals surface area contributed by atoms with Gasteiger partial charge in [0.2, 0.25) is 5.91 Å². The van der Waals surface area contributed by atoms with Crippen molar-refractivity contribution < 1.29 is 9.72 Å². The number of nitrogens with one attached hydrogen (secondary N) is 2. The van der Waals surface area contributed by atoms with Gasteiger partial charge < -0.3 is 10.6 Å². The number of nitro groups is 1. The largest absolute Gasteiger partial charge is 0.355 e. The quantitative estimate of drug-likeness (QED) is 0.457. The fourth-order valence-corrected chi connectivity index (χ4v) is 2.02. The van der Waals surface area contributed by atoms with E-state index in [-0.39, 0.29) is 17.5 Å². The normalized spacial score (nSPS) is 14.1.